The number of rotatable bonds is 7. The summed E-state index contributed by atoms with van der Waals surface area (Å²) < 4.78 is 0. The van der Waals surface area contributed by atoms with Crippen LogP contribution in [0.3, 0.4) is 0 Å². The lowest BCUT2D eigenvalue weighted by Crippen LogP contribution is -2.12. The second kappa shape index (κ2) is 9.82. The molecule has 1 aromatic carbocycles. The third kappa shape index (κ3) is 7.19. The Morgan fingerprint density at radius 1 is 1.16 bits per heavy atom. The summed E-state index contributed by atoms with van der Waals surface area (Å²) in [5.74, 6) is 0.108. The minimum atomic E-state index is 0. The van der Waals surface area contributed by atoms with Gasteiger partial charge in [-0.05, 0) is 50.4 Å². The van der Waals surface area contributed by atoms with Gasteiger partial charge < -0.3 is 11.1 Å². The van der Waals surface area contributed by atoms with Crippen molar-refractivity contribution < 1.29 is 4.79 Å². The van der Waals surface area contributed by atoms with Crippen LogP contribution in [0.1, 0.15) is 43.2 Å². The van der Waals surface area contributed by atoms with Crippen molar-refractivity contribution in [3.8, 4) is 0 Å². The molecule has 0 spiro atoms. The predicted octanol–water partition coefficient (Wildman–Crippen LogP) is 3.57. The molecule has 0 aliphatic carbocycles. The van der Waals surface area contributed by atoms with Crippen molar-refractivity contribution in [2.24, 2.45) is 5.73 Å². The van der Waals surface area contributed by atoms with Crippen LogP contribution < -0.4 is 11.1 Å². The molecule has 0 fully saturated rings. The number of anilines is 1. The van der Waals surface area contributed by atoms with Crippen LogP contribution in [0.15, 0.2) is 18.2 Å². The zero-order valence-electron chi connectivity index (χ0n) is 11.9. The molecule has 0 saturated heterocycles. The molecule has 0 bridgehead atoms. The van der Waals surface area contributed by atoms with Crippen LogP contribution in [-0.4, -0.2) is 12.5 Å². The van der Waals surface area contributed by atoms with Gasteiger partial charge in [-0.3, -0.25) is 4.79 Å². The molecule has 3 N–H and O–H groups in total. The van der Waals surface area contributed by atoms with Gasteiger partial charge in [0.1, 0.15) is 0 Å². The molecule has 0 unspecified atom stereocenters. The van der Waals surface area contributed by atoms with Crippen LogP contribution in [0.4, 0.5) is 5.69 Å². The predicted molar refractivity (Wildman–Crippen MR) is 83.9 cm³/mol. The Morgan fingerprint density at radius 2 is 1.84 bits per heavy atom. The summed E-state index contributed by atoms with van der Waals surface area (Å²) in [5.41, 5.74) is 8.63. The molecule has 0 saturated carbocycles. The van der Waals surface area contributed by atoms with Gasteiger partial charge in [0, 0.05) is 12.1 Å². The smallest absolute Gasteiger partial charge is 0.224 e. The van der Waals surface area contributed by atoms with Crippen LogP contribution in [0.5, 0.6) is 0 Å². The number of amides is 1. The van der Waals surface area contributed by atoms with Crippen molar-refractivity contribution in [3.63, 3.8) is 0 Å². The molecule has 3 nitrogen and oxygen atoms in total. The van der Waals surface area contributed by atoms with Crippen molar-refractivity contribution in [2.45, 2.75) is 46.0 Å². The van der Waals surface area contributed by atoms with Gasteiger partial charge in [0.15, 0.2) is 0 Å². The third-order valence-electron chi connectivity index (χ3n) is 3.03. The Kier molecular flexibility index (Phi) is 9.27. The molecule has 1 amide bonds. The Hall–Kier alpha value is -1.06. The van der Waals surface area contributed by atoms with E-state index in [-0.39, 0.29) is 18.3 Å². The summed E-state index contributed by atoms with van der Waals surface area (Å²) in [6.07, 6.45) is 4.79. The molecule has 1 rings (SSSR count). The number of unbranched alkanes of at least 4 members (excludes halogenated alkanes) is 3. The highest BCUT2D eigenvalue weighted by Crippen LogP contribution is 2.17. The van der Waals surface area contributed by atoms with Gasteiger partial charge in [-0.25, -0.2) is 0 Å². The molecule has 0 aliphatic rings. The average molecular weight is 285 g/mol. The lowest BCUT2D eigenvalue weighted by atomic mass is 10.1. The molecule has 0 atom stereocenters. The SMILES string of the molecule is Cc1ccc(C)c(NC(=O)CCCCCCN)c1.Cl. The first-order chi connectivity index (χ1) is 8.63. The quantitative estimate of drug-likeness (QED) is 0.752. The van der Waals surface area contributed by atoms with Crippen LogP contribution in [0.2, 0.25) is 0 Å². The van der Waals surface area contributed by atoms with Crippen molar-refractivity contribution in [1.29, 1.82) is 0 Å². The fraction of sp³-hybridized carbons (Fsp3) is 0.533. The normalized spacial score (nSPS) is 9.84. The fourth-order valence-electron chi connectivity index (χ4n) is 1.87. The van der Waals surface area contributed by atoms with E-state index < -0.39 is 0 Å². The summed E-state index contributed by atoms with van der Waals surface area (Å²) in [5, 5.41) is 2.98. The van der Waals surface area contributed by atoms with E-state index in [1.54, 1.807) is 0 Å². The van der Waals surface area contributed by atoms with Crippen LogP contribution >= 0.6 is 12.4 Å². The average Bonchev–Trinajstić information content (AvgIpc) is 2.33. The van der Waals surface area contributed by atoms with Gasteiger partial charge in [0.25, 0.3) is 0 Å². The second-order valence-electron chi connectivity index (χ2n) is 4.82. The Labute approximate surface area is 122 Å². The summed E-state index contributed by atoms with van der Waals surface area (Å²) in [6.45, 7) is 4.78. The van der Waals surface area contributed by atoms with E-state index in [1.807, 2.05) is 26.0 Å². The number of halogens is 1. The highest BCUT2D eigenvalue weighted by atomic mass is 35.5. The summed E-state index contributed by atoms with van der Waals surface area (Å²) in [7, 11) is 0. The standard InChI is InChI=1S/C15H24N2O.ClH/c1-12-8-9-13(2)14(11-12)17-15(18)7-5-3-4-6-10-16;/h8-9,11H,3-7,10,16H2,1-2H3,(H,17,18);1H. The van der Waals surface area contributed by atoms with Crippen molar-refractivity contribution in [3.05, 3.63) is 29.3 Å². The number of hydrogen-bond donors (Lipinski definition) is 2. The van der Waals surface area contributed by atoms with Gasteiger partial charge in [-0.1, -0.05) is 25.0 Å². The van der Waals surface area contributed by atoms with Crippen molar-refractivity contribution in [2.75, 3.05) is 11.9 Å². The summed E-state index contributed by atoms with van der Waals surface area (Å²) >= 11 is 0. The zero-order valence-corrected chi connectivity index (χ0v) is 12.7. The highest BCUT2D eigenvalue weighted by molar-refractivity contribution is 5.91. The second-order valence-corrected chi connectivity index (χ2v) is 4.82. The van der Waals surface area contributed by atoms with Crippen molar-refractivity contribution in [1.82, 2.24) is 0 Å². The molecular weight excluding hydrogens is 260 g/mol. The number of carbonyl (C=O) groups excluding carboxylic acids is 1. The van der Waals surface area contributed by atoms with Gasteiger partial charge >= 0.3 is 0 Å². The molecular formula is C15H25ClN2O. The molecule has 0 aliphatic heterocycles. The zero-order chi connectivity index (χ0) is 13.4. The van der Waals surface area contributed by atoms with Crippen LogP contribution in [-0.2, 0) is 4.79 Å². The number of hydrogen-bond acceptors (Lipinski definition) is 2. The van der Waals surface area contributed by atoms with E-state index in [4.69, 9.17) is 5.73 Å². The maximum atomic E-state index is 11.8. The summed E-state index contributed by atoms with van der Waals surface area (Å²) in [6, 6.07) is 6.10. The number of carbonyl (C=O) groups is 1. The topological polar surface area (TPSA) is 55.1 Å². The van der Waals surface area contributed by atoms with E-state index >= 15 is 0 Å². The van der Waals surface area contributed by atoms with Gasteiger partial charge in [-0.2, -0.15) is 0 Å². The molecule has 0 heterocycles. The first-order valence-corrected chi connectivity index (χ1v) is 6.70. The Bertz CT molecular complexity index is 394. The Balaban J connectivity index is 0.00000324. The largest absolute Gasteiger partial charge is 0.330 e. The van der Waals surface area contributed by atoms with Gasteiger partial charge in [-0.15, -0.1) is 12.4 Å². The number of nitrogens with two attached hydrogens (primary N) is 1. The van der Waals surface area contributed by atoms with Crippen molar-refractivity contribution >= 4 is 24.0 Å². The van der Waals surface area contributed by atoms with E-state index in [2.05, 4.69) is 11.4 Å². The minimum Gasteiger partial charge on any atom is -0.330 e. The molecule has 1 aromatic rings. The molecule has 0 aromatic heterocycles. The highest BCUT2D eigenvalue weighted by Gasteiger charge is 2.04. The lowest BCUT2D eigenvalue weighted by molar-refractivity contribution is -0.116. The first-order valence-electron chi connectivity index (χ1n) is 6.70. The minimum absolute atomic E-state index is 0. The van der Waals surface area contributed by atoms with E-state index in [1.165, 1.54) is 5.56 Å². The number of benzene rings is 1. The molecule has 108 valence electrons. The maximum absolute atomic E-state index is 11.8. The molecule has 0 radical (unpaired) electrons. The van der Waals surface area contributed by atoms with Crippen LogP contribution in [0, 0.1) is 13.8 Å². The van der Waals surface area contributed by atoms with Gasteiger partial charge in [0.05, 0.1) is 0 Å². The Morgan fingerprint density at radius 3 is 2.53 bits per heavy atom. The first kappa shape index (κ1) is 17.9. The fourth-order valence-corrected chi connectivity index (χ4v) is 1.87. The molecule has 19 heavy (non-hydrogen) atoms. The monoisotopic (exact) mass is 284 g/mol. The van der Waals surface area contributed by atoms with E-state index in [0.29, 0.717) is 6.42 Å². The van der Waals surface area contributed by atoms with E-state index in [0.717, 1.165) is 43.5 Å². The van der Waals surface area contributed by atoms with E-state index in [9.17, 15) is 4.79 Å². The molecule has 4 heteroatoms. The summed E-state index contributed by atoms with van der Waals surface area (Å²) in [4.78, 5) is 11.8. The number of aryl methyl sites for hydroxylation is 2. The lowest BCUT2D eigenvalue weighted by Gasteiger charge is -2.09. The van der Waals surface area contributed by atoms with Gasteiger partial charge in [0.2, 0.25) is 5.91 Å². The van der Waals surface area contributed by atoms with Crippen LogP contribution in [0.25, 0.3) is 0 Å². The third-order valence-corrected chi connectivity index (χ3v) is 3.03. The maximum Gasteiger partial charge on any atom is 0.224 e. The number of nitrogens with one attached hydrogen (secondary N) is 1.